The van der Waals surface area contributed by atoms with Gasteiger partial charge in [-0.25, -0.2) is 0 Å². The SMILES string of the molecule is CCOC(=O)[C@H]1[C@H]2C(=O)N([C@@H](CO)C(C)C)C(C(=O)Nc3ccc(N(CC)CC)cc3)C23CC(C)[C@]1(C)O3. The van der Waals surface area contributed by atoms with Crippen molar-refractivity contribution in [2.75, 3.05) is 36.5 Å². The van der Waals surface area contributed by atoms with E-state index in [0.29, 0.717) is 12.1 Å². The van der Waals surface area contributed by atoms with Crippen LogP contribution in [-0.2, 0) is 23.9 Å². The molecule has 7 atom stereocenters. The van der Waals surface area contributed by atoms with Gasteiger partial charge in [0.1, 0.15) is 17.6 Å². The van der Waals surface area contributed by atoms with Crippen LogP contribution in [0.2, 0.25) is 0 Å². The summed E-state index contributed by atoms with van der Waals surface area (Å²) in [6, 6.07) is 6.04. The van der Waals surface area contributed by atoms with Gasteiger partial charge < -0.3 is 29.7 Å². The van der Waals surface area contributed by atoms with Crippen LogP contribution in [0.5, 0.6) is 0 Å². The van der Waals surface area contributed by atoms with E-state index in [-0.39, 0.29) is 36.9 Å². The van der Waals surface area contributed by atoms with Gasteiger partial charge in [-0.2, -0.15) is 0 Å². The van der Waals surface area contributed by atoms with Gasteiger partial charge in [-0.15, -0.1) is 0 Å². The summed E-state index contributed by atoms with van der Waals surface area (Å²) in [4.78, 5) is 45.2. The fraction of sp³-hybridized carbons (Fsp3) is 0.690. The minimum atomic E-state index is -1.18. The average Bonchev–Trinajstić information content (AvgIpc) is 3.38. The number of aliphatic hydroxyl groups is 1. The number of anilines is 2. The van der Waals surface area contributed by atoms with Gasteiger partial charge in [-0.3, -0.25) is 14.4 Å². The quantitative estimate of drug-likeness (QED) is 0.449. The number of hydrogen-bond acceptors (Lipinski definition) is 7. The minimum absolute atomic E-state index is 0.0730. The van der Waals surface area contributed by atoms with Crippen LogP contribution >= 0.6 is 0 Å². The molecule has 3 unspecified atom stereocenters. The average molecular weight is 530 g/mol. The Hall–Kier alpha value is -2.65. The second-order valence-corrected chi connectivity index (χ2v) is 11.4. The summed E-state index contributed by atoms with van der Waals surface area (Å²) in [6.45, 7) is 15.2. The summed E-state index contributed by atoms with van der Waals surface area (Å²) < 4.78 is 12.1. The van der Waals surface area contributed by atoms with Crippen molar-refractivity contribution in [3.8, 4) is 0 Å². The standard InChI is InChI=1S/C29H43N3O6/c1-8-31(9-2)20-13-11-19(12-14-20)30-25(34)24-29-15-18(6)28(7,38-29)23(27(36)37-10-3)22(29)26(35)32(24)21(16-33)17(4)5/h11-14,17-18,21-24,33H,8-10,15-16H2,1-7H3,(H,30,34)/t18?,21-,22-,23+,24?,28-,29?/m0/s1. The molecule has 2 amide bonds. The van der Waals surface area contributed by atoms with Gasteiger partial charge in [0.2, 0.25) is 11.8 Å². The predicted molar refractivity (Wildman–Crippen MR) is 145 cm³/mol. The molecule has 4 rings (SSSR count). The first-order valence-corrected chi connectivity index (χ1v) is 14.0. The number of nitrogens with one attached hydrogen (secondary N) is 1. The molecule has 3 fully saturated rings. The highest BCUT2D eigenvalue weighted by atomic mass is 16.6. The van der Waals surface area contributed by atoms with Crippen molar-refractivity contribution in [3.63, 3.8) is 0 Å². The van der Waals surface area contributed by atoms with Crippen LogP contribution in [0, 0.1) is 23.7 Å². The first-order valence-electron chi connectivity index (χ1n) is 14.0. The number of aliphatic hydroxyl groups excluding tert-OH is 1. The van der Waals surface area contributed by atoms with Gasteiger partial charge in [-0.1, -0.05) is 20.8 Å². The topological polar surface area (TPSA) is 108 Å². The van der Waals surface area contributed by atoms with Crippen LogP contribution < -0.4 is 10.2 Å². The highest BCUT2D eigenvalue weighted by Crippen LogP contribution is 2.65. The van der Waals surface area contributed by atoms with E-state index in [0.717, 1.165) is 18.8 Å². The van der Waals surface area contributed by atoms with Crippen LogP contribution in [0.1, 0.15) is 54.9 Å². The maximum Gasteiger partial charge on any atom is 0.312 e. The fourth-order valence-electron chi connectivity index (χ4n) is 7.10. The van der Waals surface area contributed by atoms with E-state index in [1.54, 1.807) is 6.92 Å². The highest BCUT2D eigenvalue weighted by Gasteiger charge is 2.80. The number of carbonyl (C=O) groups is 3. The second-order valence-electron chi connectivity index (χ2n) is 11.4. The lowest BCUT2D eigenvalue weighted by atomic mass is 9.62. The van der Waals surface area contributed by atoms with Crippen molar-refractivity contribution < 1.29 is 29.0 Å². The number of ether oxygens (including phenoxy) is 2. The molecule has 1 aromatic carbocycles. The Balaban J connectivity index is 1.74. The number of benzene rings is 1. The van der Waals surface area contributed by atoms with Gasteiger partial charge in [0, 0.05) is 24.5 Å². The van der Waals surface area contributed by atoms with Crippen LogP contribution in [0.25, 0.3) is 0 Å². The van der Waals surface area contributed by atoms with Crippen molar-refractivity contribution in [2.24, 2.45) is 23.7 Å². The van der Waals surface area contributed by atoms with Crippen LogP contribution in [0.15, 0.2) is 24.3 Å². The summed E-state index contributed by atoms with van der Waals surface area (Å²) in [7, 11) is 0. The molecule has 38 heavy (non-hydrogen) atoms. The van der Waals surface area contributed by atoms with Crippen LogP contribution in [0.3, 0.4) is 0 Å². The highest BCUT2D eigenvalue weighted by molar-refractivity contribution is 6.03. The maximum absolute atomic E-state index is 14.1. The number of fused-ring (bicyclic) bond motifs is 1. The van der Waals surface area contributed by atoms with Crippen molar-refractivity contribution in [1.82, 2.24) is 4.90 Å². The van der Waals surface area contributed by atoms with E-state index >= 15 is 0 Å². The van der Waals surface area contributed by atoms with Gasteiger partial charge in [0.25, 0.3) is 0 Å². The van der Waals surface area contributed by atoms with Crippen molar-refractivity contribution in [3.05, 3.63) is 24.3 Å². The number of hydrogen-bond donors (Lipinski definition) is 2. The molecule has 1 spiro atoms. The second kappa shape index (κ2) is 10.5. The Labute approximate surface area is 225 Å². The number of likely N-dealkylation sites (tertiary alicyclic amines) is 1. The van der Waals surface area contributed by atoms with Gasteiger partial charge >= 0.3 is 5.97 Å². The summed E-state index contributed by atoms with van der Waals surface area (Å²) in [6.07, 6.45) is 0.460. The number of carbonyl (C=O) groups excluding carboxylic acids is 3. The molecule has 0 radical (unpaired) electrons. The van der Waals surface area contributed by atoms with Gasteiger partial charge in [0.15, 0.2) is 0 Å². The van der Waals surface area contributed by atoms with Gasteiger partial charge in [0.05, 0.1) is 30.8 Å². The molecular weight excluding hydrogens is 486 g/mol. The fourth-order valence-corrected chi connectivity index (χ4v) is 7.10. The molecule has 9 heteroatoms. The molecule has 0 saturated carbocycles. The Morgan fingerprint density at radius 1 is 1.21 bits per heavy atom. The molecule has 210 valence electrons. The monoisotopic (exact) mass is 529 g/mol. The van der Waals surface area contributed by atoms with E-state index in [4.69, 9.17) is 9.47 Å². The van der Waals surface area contributed by atoms with E-state index in [9.17, 15) is 19.5 Å². The maximum atomic E-state index is 14.1. The largest absolute Gasteiger partial charge is 0.466 e. The molecule has 3 heterocycles. The van der Waals surface area contributed by atoms with Crippen molar-refractivity contribution in [2.45, 2.75) is 78.2 Å². The van der Waals surface area contributed by atoms with E-state index in [2.05, 4.69) is 24.1 Å². The third-order valence-corrected chi connectivity index (χ3v) is 9.12. The zero-order chi connectivity index (χ0) is 28.0. The lowest BCUT2D eigenvalue weighted by Gasteiger charge is -2.38. The number of rotatable bonds is 10. The molecule has 1 aromatic rings. The molecule has 3 saturated heterocycles. The Bertz CT molecular complexity index is 1060. The molecule has 3 aliphatic heterocycles. The summed E-state index contributed by atoms with van der Waals surface area (Å²) in [5.41, 5.74) is -0.441. The number of amides is 2. The zero-order valence-electron chi connectivity index (χ0n) is 23.7. The molecule has 2 N–H and O–H groups in total. The number of nitrogens with zero attached hydrogens (tertiary/aromatic N) is 2. The van der Waals surface area contributed by atoms with E-state index in [1.807, 2.05) is 52.0 Å². The third kappa shape index (κ3) is 4.18. The summed E-state index contributed by atoms with van der Waals surface area (Å²) in [5.74, 6) is -3.04. The first kappa shape index (κ1) is 28.4. The zero-order valence-corrected chi connectivity index (χ0v) is 23.7. The molecule has 3 aliphatic rings. The Morgan fingerprint density at radius 3 is 2.37 bits per heavy atom. The van der Waals surface area contributed by atoms with Crippen LogP contribution in [-0.4, -0.2) is 77.4 Å². The Kier molecular flexibility index (Phi) is 7.83. The van der Waals surface area contributed by atoms with Crippen molar-refractivity contribution in [1.29, 1.82) is 0 Å². The normalized spacial score (nSPS) is 32.4. The number of esters is 1. The lowest BCUT2D eigenvalue weighted by Crippen LogP contribution is -2.57. The smallest absolute Gasteiger partial charge is 0.312 e. The first-order chi connectivity index (χ1) is 18.0. The van der Waals surface area contributed by atoms with Crippen molar-refractivity contribution >= 4 is 29.2 Å². The Morgan fingerprint density at radius 2 is 1.84 bits per heavy atom. The third-order valence-electron chi connectivity index (χ3n) is 9.12. The van der Waals surface area contributed by atoms with Gasteiger partial charge in [-0.05, 0) is 70.2 Å². The molecule has 9 nitrogen and oxygen atoms in total. The minimum Gasteiger partial charge on any atom is -0.466 e. The summed E-state index contributed by atoms with van der Waals surface area (Å²) in [5, 5.41) is 13.3. The van der Waals surface area contributed by atoms with E-state index < -0.39 is 41.1 Å². The molecule has 0 aliphatic carbocycles. The van der Waals surface area contributed by atoms with E-state index in [1.165, 1.54) is 4.90 Å². The van der Waals surface area contributed by atoms with Crippen LogP contribution in [0.4, 0.5) is 11.4 Å². The summed E-state index contributed by atoms with van der Waals surface area (Å²) >= 11 is 0. The lowest BCUT2D eigenvalue weighted by molar-refractivity contribution is -0.162. The molecular formula is C29H43N3O6. The molecule has 2 bridgehead atoms. The molecule has 0 aromatic heterocycles. The predicted octanol–water partition coefficient (Wildman–Crippen LogP) is 3.06.